The van der Waals surface area contributed by atoms with E-state index in [1.165, 1.54) is 4.52 Å². The van der Waals surface area contributed by atoms with E-state index in [0.717, 1.165) is 11.3 Å². The third-order valence-electron chi connectivity index (χ3n) is 3.63. The highest BCUT2D eigenvalue weighted by molar-refractivity contribution is 6.36. The topological polar surface area (TPSA) is 72.3 Å². The van der Waals surface area contributed by atoms with Crippen LogP contribution in [0, 0.1) is 0 Å². The number of H-pyrrole nitrogens is 1. The number of nitrogens with zero attached hydrogens (tertiary/aromatic N) is 3. The van der Waals surface area contributed by atoms with E-state index in [1.807, 2.05) is 24.3 Å². The van der Waals surface area contributed by atoms with Gasteiger partial charge in [0.15, 0.2) is 11.5 Å². The van der Waals surface area contributed by atoms with E-state index in [-0.39, 0.29) is 5.69 Å². The van der Waals surface area contributed by atoms with E-state index in [1.54, 1.807) is 25.3 Å². The Balaban J connectivity index is 2.01. The normalized spacial score (nSPS) is 11.2. The number of methoxy groups -OCH3 is 1. The van der Waals surface area contributed by atoms with Crippen LogP contribution in [0.3, 0.4) is 0 Å². The highest BCUT2D eigenvalue weighted by Gasteiger charge is 2.14. The van der Waals surface area contributed by atoms with Gasteiger partial charge in [-0.3, -0.25) is 0 Å². The Kier molecular flexibility index (Phi) is 3.06. The highest BCUT2D eigenvalue weighted by Crippen LogP contribution is 2.26. The number of aromatic amines is 1. The van der Waals surface area contributed by atoms with Crippen molar-refractivity contribution >= 4 is 28.2 Å². The first-order valence-electron chi connectivity index (χ1n) is 6.89. The van der Waals surface area contributed by atoms with Crippen molar-refractivity contribution in [2.45, 2.75) is 0 Å². The van der Waals surface area contributed by atoms with Crippen LogP contribution in [-0.4, -0.2) is 26.7 Å². The number of hydrogen-bond donors (Lipinski definition) is 1. The Labute approximate surface area is 135 Å². The third-order valence-corrected chi connectivity index (χ3v) is 3.94. The van der Waals surface area contributed by atoms with Gasteiger partial charge in [-0.2, -0.15) is 4.52 Å². The van der Waals surface area contributed by atoms with Crippen LogP contribution in [0.5, 0.6) is 5.75 Å². The molecule has 1 N–H and O–H groups in total. The quantitative estimate of drug-likeness (QED) is 0.615. The number of rotatable bonds is 2. The molecule has 0 aliphatic carbocycles. The fraction of sp³-hybridized carbons (Fsp3) is 0.0625. The lowest BCUT2D eigenvalue weighted by Crippen LogP contribution is -2.17. The smallest absolute Gasteiger partial charge is 0.348 e. The molecule has 4 rings (SSSR count). The van der Waals surface area contributed by atoms with E-state index in [9.17, 15) is 4.79 Å². The van der Waals surface area contributed by atoms with Gasteiger partial charge in [0.1, 0.15) is 5.75 Å². The van der Waals surface area contributed by atoms with Crippen LogP contribution in [-0.2, 0) is 0 Å². The zero-order valence-electron chi connectivity index (χ0n) is 12.1. The first-order chi connectivity index (χ1) is 11.2. The molecule has 0 saturated heterocycles. The fourth-order valence-corrected chi connectivity index (χ4v) is 2.76. The minimum atomic E-state index is -0.359. The second kappa shape index (κ2) is 5.10. The highest BCUT2D eigenvalue weighted by atomic mass is 35.5. The van der Waals surface area contributed by atoms with Crippen molar-refractivity contribution in [3.8, 4) is 17.1 Å². The molecule has 0 fully saturated rings. The van der Waals surface area contributed by atoms with E-state index >= 15 is 0 Å². The minimum absolute atomic E-state index is 0.359. The molecule has 2 heterocycles. The predicted molar refractivity (Wildman–Crippen MR) is 88.1 cm³/mol. The van der Waals surface area contributed by atoms with Gasteiger partial charge < -0.3 is 9.72 Å². The van der Waals surface area contributed by atoms with E-state index < -0.39 is 0 Å². The van der Waals surface area contributed by atoms with E-state index in [2.05, 4.69) is 15.1 Å². The van der Waals surface area contributed by atoms with Gasteiger partial charge in [-0.05, 0) is 36.4 Å². The maximum Gasteiger partial charge on any atom is 0.348 e. The van der Waals surface area contributed by atoms with Crippen molar-refractivity contribution in [1.29, 1.82) is 0 Å². The lowest BCUT2D eigenvalue weighted by atomic mass is 10.2. The molecule has 0 spiro atoms. The van der Waals surface area contributed by atoms with Crippen LogP contribution in [0.15, 0.2) is 47.3 Å². The van der Waals surface area contributed by atoms with Gasteiger partial charge in [-0.15, -0.1) is 5.10 Å². The van der Waals surface area contributed by atoms with Crippen LogP contribution in [0.25, 0.3) is 27.9 Å². The summed E-state index contributed by atoms with van der Waals surface area (Å²) >= 11 is 6.26. The molecule has 0 amide bonds. The SMILES string of the molecule is COc1ccc(-c2nc3c4c(Cl)cccc4[nH]c(=O)n3n2)cc1. The summed E-state index contributed by atoms with van der Waals surface area (Å²) in [6.45, 7) is 0. The Morgan fingerprint density at radius 3 is 2.70 bits per heavy atom. The summed E-state index contributed by atoms with van der Waals surface area (Å²) in [6, 6.07) is 12.6. The van der Waals surface area contributed by atoms with Crippen LogP contribution in [0.4, 0.5) is 0 Å². The number of aromatic nitrogens is 4. The molecule has 6 nitrogen and oxygen atoms in total. The summed E-state index contributed by atoms with van der Waals surface area (Å²) < 4.78 is 6.37. The number of hydrogen-bond acceptors (Lipinski definition) is 4. The molecule has 2 aromatic carbocycles. The Morgan fingerprint density at radius 2 is 1.96 bits per heavy atom. The van der Waals surface area contributed by atoms with Crippen molar-refractivity contribution in [3.63, 3.8) is 0 Å². The van der Waals surface area contributed by atoms with Crippen LogP contribution in [0.1, 0.15) is 0 Å². The Morgan fingerprint density at radius 1 is 1.17 bits per heavy atom. The van der Waals surface area contributed by atoms with Crippen LogP contribution < -0.4 is 10.4 Å². The summed E-state index contributed by atoms with van der Waals surface area (Å²) in [7, 11) is 1.60. The lowest BCUT2D eigenvalue weighted by Gasteiger charge is -2.00. The zero-order valence-corrected chi connectivity index (χ0v) is 12.8. The minimum Gasteiger partial charge on any atom is -0.497 e. The molecule has 0 unspecified atom stereocenters. The summed E-state index contributed by atoms with van der Waals surface area (Å²) in [4.78, 5) is 19.4. The van der Waals surface area contributed by atoms with Crippen LogP contribution >= 0.6 is 11.6 Å². The van der Waals surface area contributed by atoms with Gasteiger partial charge in [0, 0.05) is 5.56 Å². The molecule has 23 heavy (non-hydrogen) atoms. The van der Waals surface area contributed by atoms with Gasteiger partial charge in [0.25, 0.3) is 0 Å². The van der Waals surface area contributed by atoms with Gasteiger partial charge >= 0.3 is 5.69 Å². The second-order valence-electron chi connectivity index (χ2n) is 4.99. The van der Waals surface area contributed by atoms with E-state index in [4.69, 9.17) is 16.3 Å². The van der Waals surface area contributed by atoms with Crippen molar-refractivity contribution < 1.29 is 4.74 Å². The molecular formula is C16H11ClN4O2. The molecule has 0 saturated carbocycles. The number of nitrogens with one attached hydrogen (secondary N) is 1. The average Bonchev–Trinajstić information content (AvgIpc) is 3.01. The number of halogens is 1. The predicted octanol–water partition coefficient (Wildman–Crippen LogP) is 2.90. The second-order valence-corrected chi connectivity index (χ2v) is 5.40. The molecule has 0 bridgehead atoms. The average molecular weight is 327 g/mol. The maximum absolute atomic E-state index is 12.2. The molecule has 0 aliphatic heterocycles. The molecule has 0 atom stereocenters. The van der Waals surface area contributed by atoms with Gasteiger partial charge in [0.2, 0.25) is 0 Å². The van der Waals surface area contributed by atoms with Crippen molar-refractivity contribution in [2.24, 2.45) is 0 Å². The molecule has 7 heteroatoms. The van der Waals surface area contributed by atoms with Gasteiger partial charge in [0.05, 0.1) is 23.0 Å². The monoisotopic (exact) mass is 326 g/mol. The van der Waals surface area contributed by atoms with Gasteiger partial charge in [-0.1, -0.05) is 17.7 Å². The molecule has 2 aromatic heterocycles. The number of ether oxygens (including phenoxy) is 1. The number of benzene rings is 2. The molecule has 0 aliphatic rings. The standard InChI is InChI=1S/C16H11ClN4O2/c1-23-10-7-5-9(6-8-10)14-19-15-13-11(17)3-2-4-12(13)18-16(22)21(15)20-14/h2-8H,1H3,(H,18,22). The van der Waals surface area contributed by atoms with E-state index in [0.29, 0.717) is 27.4 Å². The van der Waals surface area contributed by atoms with Crippen molar-refractivity contribution in [2.75, 3.05) is 7.11 Å². The zero-order chi connectivity index (χ0) is 16.0. The molecule has 0 radical (unpaired) electrons. The maximum atomic E-state index is 12.2. The summed E-state index contributed by atoms with van der Waals surface area (Å²) in [5.74, 6) is 1.19. The lowest BCUT2D eigenvalue weighted by molar-refractivity contribution is 0.415. The molecule has 4 aromatic rings. The third kappa shape index (κ3) is 2.15. The van der Waals surface area contributed by atoms with Crippen molar-refractivity contribution in [1.82, 2.24) is 19.6 Å². The Hall–Kier alpha value is -2.86. The first-order valence-corrected chi connectivity index (χ1v) is 7.27. The summed E-state index contributed by atoms with van der Waals surface area (Å²) in [5, 5.41) is 5.47. The molecular weight excluding hydrogens is 316 g/mol. The van der Waals surface area contributed by atoms with Crippen LogP contribution in [0.2, 0.25) is 5.02 Å². The van der Waals surface area contributed by atoms with Crippen molar-refractivity contribution in [3.05, 3.63) is 58.0 Å². The number of fused-ring (bicyclic) bond motifs is 3. The molecule has 114 valence electrons. The summed E-state index contributed by atoms with van der Waals surface area (Å²) in [5.41, 5.74) is 1.49. The fourth-order valence-electron chi connectivity index (χ4n) is 2.50. The first kappa shape index (κ1) is 13.8. The Bertz CT molecular complexity index is 1080. The summed E-state index contributed by atoms with van der Waals surface area (Å²) in [6.07, 6.45) is 0. The van der Waals surface area contributed by atoms with Gasteiger partial charge in [-0.25, -0.2) is 9.78 Å². The largest absolute Gasteiger partial charge is 0.497 e.